The molecule has 0 saturated carbocycles. The Morgan fingerprint density at radius 2 is 1.88 bits per heavy atom. The maximum absolute atomic E-state index is 12.6. The van der Waals surface area contributed by atoms with E-state index in [0.29, 0.717) is 16.9 Å². The van der Waals surface area contributed by atoms with Crippen LogP contribution in [0.1, 0.15) is 27.2 Å². The Hall–Kier alpha value is -2.79. The third-order valence-electron chi connectivity index (χ3n) is 3.97. The van der Waals surface area contributed by atoms with Crippen LogP contribution < -0.4 is 4.74 Å². The Labute approximate surface area is 146 Å². The van der Waals surface area contributed by atoms with E-state index >= 15 is 0 Å². The van der Waals surface area contributed by atoms with Crippen LogP contribution in [0.25, 0.3) is 11.0 Å². The molecular weight excluding hydrogens is 320 g/mol. The first kappa shape index (κ1) is 17.0. The van der Waals surface area contributed by atoms with Gasteiger partial charge in [0, 0.05) is 23.6 Å². The monoisotopic (exact) mass is 340 g/mol. The SMILES string of the molecule is COCc1c(C(=O)OCc2cc(C)ccc2OC)oc2ccccc12. The molecule has 3 aromatic rings. The quantitative estimate of drug-likeness (QED) is 0.628. The number of fused-ring (bicyclic) bond motifs is 1. The normalized spacial score (nSPS) is 10.8. The minimum atomic E-state index is -0.521. The lowest BCUT2D eigenvalue weighted by Crippen LogP contribution is -2.08. The third-order valence-corrected chi connectivity index (χ3v) is 3.97. The maximum atomic E-state index is 12.6. The summed E-state index contributed by atoms with van der Waals surface area (Å²) < 4.78 is 21.7. The fourth-order valence-corrected chi connectivity index (χ4v) is 2.78. The van der Waals surface area contributed by atoms with Crippen LogP contribution in [0.15, 0.2) is 46.9 Å². The van der Waals surface area contributed by atoms with Gasteiger partial charge in [0.15, 0.2) is 0 Å². The molecule has 0 fully saturated rings. The minimum absolute atomic E-state index is 0.104. The number of hydrogen-bond acceptors (Lipinski definition) is 5. The van der Waals surface area contributed by atoms with Gasteiger partial charge in [0.2, 0.25) is 5.76 Å². The topological polar surface area (TPSA) is 57.9 Å². The molecule has 0 amide bonds. The molecule has 0 radical (unpaired) electrons. The Kier molecular flexibility index (Phi) is 5.05. The molecule has 3 rings (SSSR count). The van der Waals surface area contributed by atoms with E-state index in [1.54, 1.807) is 14.2 Å². The van der Waals surface area contributed by atoms with Gasteiger partial charge in [-0.3, -0.25) is 0 Å². The summed E-state index contributed by atoms with van der Waals surface area (Å²) in [6, 6.07) is 13.2. The van der Waals surface area contributed by atoms with Crippen LogP contribution >= 0.6 is 0 Å². The standard InChI is InChI=1S/C20H20O5/c1-13-8-9-17(23-3)14(10-13)11-24-20(21)19-16(12-22-2)15-6-4-5-7-18(15)25-19/h4-10H,11-12H2,1-3H3. The molecule has 0 bridgehead atoms. The Bertz CT molecular complexity index is 894. The molecule has 2 aromatic carbocycles. The summed E-state index contributed by atoms with van der Waals surface area (Å²) in [7, 11) is 3.17. The number of aryl methyl sites for hydroxylation is 1. The number of para-hydroxylation sites is 1. The van der Waals surface area contributed by atoms with Crippen molar-refractivity contribution in [2.45, 2.75) is 20.1 Å². The van der Waals surface area contributed by atoms with Gasteiger partial charge < -0.3 is 18.6 Å². The highest BCUT2D eigenvalue weighted by molar-refractivity contribution is 5.96. The summed E-state index contributed by atoms with van der Waals surface area (Å²) in [6.45, 7) is 2.35. The van der Waals surface area contributed by atoms with Gasteiger partial charge in [-0.15, -0.1) is 0 Å². The van der Waals surface area contributed by atoms with E-state index in [1.165, 1.54) is 0 Å². The largest absolute Gasteiger partial charge is 0.496 e. The van der Waals surface area contributed by atoms with Crippen molar-refractivity contribution in [2.24, 2.45) is 0 Å². The van der Waals surface area contributed by atoms with Crippen LogP contribution in [-0.4, -0.2) is 20.2 Å². The number of carbonyl (C=O) groups is 1. The zero-order valence-corrected chi connectivity index (χ0v) is 14.5. The predicted octanol–water partition coefficient (Wildman–Crippen LogP) is 4.25. The number of hydrogen-bond donors (Lipinski definition) is 0. The number of methoxy groups -OCH3 is 2. The number of rotatable bonds is 6. The van der Waals surface area contributed by atoms with Gasteiger partial charge in [0.25, 0.3) is 0 Å². The van der Waals surface area contributed by atoms with Crippen LogP contribution in [0.3, 0.4) is 0 Å². The predicted molar refractivity (Wildman–Crippen MR) is 93.8 cm³/mol. The van der Waals surface area contributed by atoms with E-state index in [-0.39, 0.29) is 19.0 Å². The van der Waals surface area contributed by atoms with Crippen molar-refractivity contribution < 1.29 is 23.4 Å². The van der Waals surface area contributed by atoms with Gasteiger partial charge in [-0.2, -0.15) is 0 Å². The number of esters is 1. The van der Waals surface area contributed by atoms with Crippen LogP contribution in [0, 0.1) is 6.92 Å². The van der Waals surface area contributed by atoms with Gasteiger partial charge >= 0.3 is 5.97 Å². The van der Waals surface area contributed by atoms with E-state index < -0.39 is 5.97 Å². The summed E-state index contributed by atoms with van der Waals surface area (Å²) >= 11 is 0. The first-order valence-electron chi connectivity index (χ1n) is 7.94. The first-order valence-corrected chi connectivity index (χ1v) is 7.94. The summed E-state index contributed by atoms with van der Waals surface area (Å²) in [5.41, 5.74) is 3.20. The number of ether oxygens (including phenoxy) is 3. The molecule has 1 heterocycles. The van der Waals surface area contributed by atoms with E-state index in [9.17, 15) is 4.79 Å². The molecule has 0 N–H and O–H groups in total. The third kappa shape index (κ3) is 3.51. The van der Waals surface area contributed by atoms with Crippen LogP contribution in [0.4, 0.5) is 0 Å². The van der Waals surface area contributed by atoms with Crippen molar-refractivity contribution in [1.29, 1.82) is 0 Å². The van der Waals surface area contributed by atoms with Crippen molar-refractivity contribution in [3.8, 4) is 5.75 Å². The fourth-order valence-electron chi connectivity index (χ4n) is 2.78. The lowest BCUT2D eigenvalue weighted by Gasteiger charge is -2.10. The summed E-state index contributed by atoms with van der Waals surface area (Å²) in [6.07, 6.45) is 0. The lowest BCUT2D eigenvalue weighted by molar-refractivity contribution is 0.0430. The highest BCUT2D eigenvalue weighted by atomic mass is 16.5. The van der Waals surface area contributed by atoms with Crippen molar-refractivity contribution >= 4 is 16.9 Å². The van der Waals surface area contributed by atoms with Gasteiger partial charge in [0.1, 0.15) is 17.9 Å². The van der Waals surface area contributed by atoms with Crippen LogP contribution in [0.2, 0.25) is 0 Å². The summed E-state index contributed by atoms with van der Waals surface area (Å²) in [5, 5.41) is 0.851. The Morgan fingerprint density at radius 1 is 1.08 bits per heavy atom. The highest BCUT2D eigenvalue weighted by Gasteiger charge is 2.22. The van der Waals surface area contributed by atoms with Crippen LogP contribution in [-0.2, 0) is 22.7 Å². The maximum Gasteiger partial charge on any atom is 0.374 e. The molecule has 0 spiro atoms. The van der Waals surface area contributed by atoms with Gasteiger partial charge in [-0.25, -0.2) is 4.79 Å². The molecule has 5 heteroatoms. The minimum Gasteiger partial charge on any atom is -0.496 e. The Morgan fingerprint density at radius 3 is 2.64 bits per heavy atom. The summed E-state index contributed by atoms with van der Waals surface area (Å²) in [4.78, 5) is 12.6. The molecule has 0 aliphatic carbocycles. The van der Waals surface area contributed by atoms with Crippen molar-refractivity contribution in [3.05, 3.63) is 64.9 Å². The van der Waals surface area contributed by atoms with Crippen molar-refractivity contribution in [2.75, 3.05) is 14.2 Å². The molecule has 5 nitrogen and oxygen atoms in total. The fraction of sp³-hybridized carbons (Fsp3) is 0.250. The zero-order chi connectivity index (χ0) is 17.8. The van der Waals surface area contributed by atoms with E-state index in [4.69, 9.17) is 18.6 Å². The van der Waals surface area contributed by atoms with Gasteiger partial charge in [-0.1, -0.05) is 29.8 Å². The molecule has 0 atom stereocenters. The molecule has 0 aliphatic rings. The highest BCUT2D eigenvalue weighted by Crippen LogP contribution is 2.28. The van der Waals surface area contributed by atoms with Crippen molar-refractivity contribution in [1.82, 2.24) is 0 Å². The second kappa shape index (κ2) is 7.40. The van der Waals surface area contributed by atoms with E-state index in [0.717, 1.165) is 16.5 Å². The molecule has 25 heavy (non-hydrogen) atoms. The summed E-state index contributed by atoms with van der Waals surface area (Å²) in [5.74, 6) is 0.335. The smallest absolute Gasteiger partial charge is 0.374 e. The van der Waals surface area contributed by atoms with Gasteiger partial charge in [0.05, 0.1) is 13.7 Å². The van der Waals surface area contributed by atoms with Gasteiger partial charge in [-0.05, 0) is 25.1 Å². The van der Waals surface area contributed by atoms with Crippen LogP contribution in [0.5, 0.6) is 5.75 Å². The lowest BCUT2D eigenvalue weighted by atomic mass is 10.1. The van der Waals surface area contributed by atoms with Crippen molar-refractivity contribution in [3.63, 3.8) is 0 Å². The molecule has 130 valence electrons. The number of carbonyl (C=O) groups excluding carboxylic acids is 1. The first-order chi connectivity index (χ1) is 12.1. The Balaban J connectivity index is 1.85. The second-order valence-electron chi connectivity index (χ2n) is 5.73. The number of benzene rings is 2. The molecule has 0 aliphatic heterocycles. The average molecular weight is 340 g/mol. The second-order valence-corrected chi connectivity index (χ2v) is 5.73. The zero-order valence-electron chi connectivity index (χ0n) is 14.5. The molecule has 0 saturated heterocycles. The molecular formula is C20H20O5. The average Bonchev–Trinajstić information content (AvgIpc) is 2.99. The van der Waals surface area contributed by atoms with E-state index in [1.807, 2.05) is 49.4 Å². The van der Waals surface area contributed by atoms with E-state index in [2.05, 4.69) is 0 Å². The number of furan rings is 1. The molecule has 1 aromatic heterocycles. The molecule has 0 unspecified atom stereocenters.